The van der Waals surface area contributed by atoms with Crippen molar-refractivity contribution in [3.8, 4) is 0 Å². The zero-order chi connectivity index (χ0) is 12.4. The number of fused-ring (bicyclic) bond motifs is 1. The van der Waals surface area contributed by atoms with Gasteiger partial charge >= 0.3 is 0 Å². The Morgan fingerprint density at radius 1 is 1.35 bits per heavy atom. The lowest BCUT2D eigenvalue weighted by Crippen LogP contribution is -1.98. The molecule has 2 nitrogen and oxygen atoms in total. The highest BCUT2D eigenvalue weighted by Crippen LogP contribution is 2.29. The highest BCUT2D eigenvalue weighted by Gasteiger charge is 2.11. The maximum atomic E-state index is 8.95. The number of rotatable bonds is 4. The number of halogens is 1. The SMILES string of the molecule is CC(C)c1cn(CCCO)c2cc(Br)ccc12. The molecule has 1 heterocycles. The first-order valence-electron chi connectivity index (χ1n) is 6.02. The van der Waals surface area contributed by atoms with Gasteiger partial charge < -0.3 is 9.67 Å². The molecule has 0 bridgehead atoms. The van der Waals surface area contributed by atoms with Gasteiger partial charge in [0.05, 0.1) is 0 Å². The standard InChI is InChI=1S/C14H18BrNO/c1-10(2)13-9-16(6-3-7-17)14-8-11(15)4-5-12(13)14/h4-5,8-10,17H,3,6-7H2,1-2H3. The van der Waals surface area contributed by atoms with Crippen molar-refractivity contribution in [2.45, 2.75) is 32.7 Å². The summed E-state index contributed by atoms with van der Waals surface area (Å²) in [5.74, 6) is 0.522. The predicted molar refractivity (Wildman–Crippen MR) is 75.4 cm³/mol. The fourth-order valence-electron chi connectivity index (χ4n) is 2.18. The molecule has 0 aliphatic carbocycles. The van der Waals surface area contributed by atoms with E-state index in [1.165, 1.54) is 16.5 Å². The molecule has 0 aliphatic rings. The maximum Gasteiger partial charge on any atom is 0.0494 e. The Morgan fingerprint density at radius 3 is 2.76 bits per heavy atom. The Morgan fingerprint density at radius 2 is 2.12 bits per heavy atom. The lowest BCUT2D eigenvalue weighted by molar-refractivity contribution is 0.280. The fraction of sp³-hybridized carbons (Fsp3) is 0.429. The number of aryl methyl sites for hydroxylation is 1. The quantitative estimate of drug-likeness (QED) is 0.909. The van der Waals surface area contributed by atoms with Crippen LogP contribution in [0.15, 0.2) is 28.9 Å². The van der Waals surface area contributed by atoms with Crippen LogP contribution in [0.2, 0.25) is 0 Å². The Hall–Kier alpha value is -0.800. The summed E-state index contributed by atoms with van der Waals surface area (Å²) in [4.78, 5) is 0. The minimum atomic E-state index is 0.241. The second-order valence-electron chi connectivity index (χ2n) is 4.67. The third kappa shape index (κ3) is 2.55. The number of benzene rings is 1. The number of aliphatic hydroxyl groups is 1. The van der Waals surface area contributed by atoms with Crippen LogP contribution in [0.5, 0.6) is 0 Å². The molecule has 3 heteroatoms. The van der Waals surface area contributed by atoms with Gasteiger partial charge in [-0.1, -0.05) is 35.8 Å². The van der Waals surface area contributed by atoms with Crippen LogP contribution in [0.25, 0.3) is 10.9 Å². The van der Waals surface area contributed by atoms with E-state index >= 15 is 0 Å². The molecule has 0 saturated carbocycles. The number of hydrogen-bond donors (Lipinski definition) is 1. The van der Waals surface area contributed by atoms with Crippen LogP contribution in [-0.4, -0.2) is 16.3 Å². The van der Waals surface area contributed by atoms with Crippen molar-refractivity contribution in [1.29, 1.82) is 0 Å². The molecule has 0 aliphatic heterocycles. The highest BCUT2D eigenvalue weighted by atomic mass is 79.9. The van der Waals surface area contributed by atoms with Crippen molar-refractivity contribution >= 4 is 26.8 Å². The summed E-state index contributed by atoms with van der Waals surface area (Å²) in [6.45, 7) is 5.54. The summed E-state index contributed by atoms with van der Waals surface area (Å²) in [6.07, 6.45) is 3.02. The Kier molecular flexibility index (Phi) is 3.89. The van der Waals surface area contributed by atoms with Gasteiger partial charge in [0.1, 0.15) is 0 Å². The topological polar surface area (TPSA) is 25.2 Å². The predicted octanol–water partition coefficient (Wildman–Crippen LogP) is 3.91. The molecule has 0 spiro atoms. The summed E-state index contributed by atoms with van der Waals surface area (Å²) >= 11 is 3.52. The van der Waals surface area contributed by atoms with E-state index in [9.17, 15) is 0 Å². The summed E-state index contributed by atoms with van der Waals surface area (Å²) < 4.78 is 3.34. The Bertz CT molecular complexity index is 516. The molecule has 0 atom stereocenters. The molecule has 2 aromatic rings. The van der Waals surface area contributed by atoms with E-state index in [1.54, 1.807) is 0 Å². The molecule has 0 amide bonds. The van der Waals surface area contributed by atoms with Crippen molar-refractivity contribution < 1.29 is 5.11 Å². The summed E-state index contributed by atoms with van der Waals surface area (Å²) in [7, 11) is 0. The highest BCUT2D eigenvalue weighted by molar-refractivity contribution is 9.10. The smallest absolute Gasteiger partial charge is 0.0494 e. The molecule has 17 heavy (non-hydrogen) atoms. The van der Waals surface area contributed by atoms with E-state index < -0.39 is 0 Å². The van der Waals surface area contributed by atoms with Crippen LogP contribution in [0.4, 0.5) is 0 Å². The van der Waals surface area contributed by atoms with E-state index in [0.29, 0.717) is 5.92 Å². The van der Waals surface area contributed by atoms with E-state index in [2.05, 4.69) is 58.7 Å². The minimum Gasteiger partial charge on any atom is -0.396 e. The van der Waals surface area contributed by atoms with E-state index in [0.717, 1.165) is 17.4 Å². The van der Waals surface area contributed by atoms with Gasteiger partial charge in [0.25, 0.3) is 0 Å². The average molecular weight is 296 g/mol. The Balaban J connectivity index is 2.54. The van der Waals surface area contributed by atoms with Crippen molar-refractivity contribution in [2.24, 2.45) is 0 Å². The summed E-state index contributed by atoms with van der Waals surface area (Å²) in [5.41, 5.74) is 2.63. The molecule has 1 N–H and O–H groups in total. The monoisotopic (exact) mass is 295 g/mol. The van der Waals surface area contributed by atoms with Crippen LogP contribution >= 0.6 is 15.9 Å². The molecule has 1 aromatic carbocycles. The van der Waals surface area contributed by atoms with Crippen LogP contribution in [-0.2, 0) is 6.54 Å². The normalized spacial score (nSPS) is 11.6. The van der Waals surface area contributed by atoms with Crippen molar-refractivity contribution in [1.82, 2.24) is 4.57 Å². The molecule has 2 rings (SSSR count). The van der Waals surface area contributed by atoms with Crippen molar-refractivity contribution in [2.75, 3.05) is 6.61 Å². The zero-order valence-electron chi connectivity index (χ0n) is 10.3. The third-order valence-electron chi connectivity index (χ3n) is 3.05. The van der Waals surface area contributed by atoms with Gasteiger partial charge in [-0.3, -0.25) is 0 Å². The molecule has 1 aromatic heterocycles. The van der Waals surface area contributed by atoms with E-state index in [-0.39, 0.29) is 6.61 Å². The number of aromatic nitrogens is 1. The summed E-state index contributed by atoms with van der Waals surface area (Å²) in [6, 6.07) is 6.41. The first-order chi connectivity index (χ1) is 8.13. The lowest BCUT2D eigenvalue weighted by Gasteiger charge is -2.03. The first kappa shape index (κ1) is 12.7. The van der Waals surface area contributed by atoms with Gasteiger partial charge in [0, 0.05) is 34.7 Å². The second kappa shape index (κ2) is 5.23. The van der Waals surface area contributed by atoms with Crippen LogP contribution in [0.1, 0.15) is 31.7 Å². The van der Waals surface area contributed by atoms with Crippen LogP contribution in [0, 0.1) is 0 Å². The molecule has 92 valence electrons. The van der Waals surface area contributed by atoms with Gasteiger partial charge in [-0.25, -0.2) is 0 Å². The molecular formula is C14H18BrNO. The largest absolute Gasteiger partial charge is 0.396 e. The minimum absolute atomic E-state index is 0.241. The van der Waals surface area contributed by atoms with E-state index in [4.69, 9.17) is 5.11 Å². The third-order valence-corrected chi connectivity index (χ3v) is 3.55. The molecule has 0 fully saturated rings. The fourth-order valence-corrected chi connectivity index (χ4v) is 2.53. The van der Waals surface area contributed by atoms with Gasteiger partial charge in [0.15, 0.2) is 0 Å². The van der Waals surface area contributed by atoms with Gasteiger partial charge in [0.2, 0.25) is 0 Å². The van der Waals surface area contributed by atoms with Crippen LogP contribution < -0.4 is 0 Å². The van der Waals surface area contributed by atoms with Crippen molar-refractivity contribution in [3.05, 3.63) is 34.4 Å². The van der Waals surface area contributed by atoms with Crippen molar-refractivity contribution in [3.63, 3.8) is 0 Å². The number of hydrogen-bond acceptors (Lipinski definition) is 1. The molecule has 0 saturated heterocycles. The first-order valence-corrected chi connectivity index (χ1v) is 6.82. The van der Waals surface area contributed by atoms with E-state index in [1.807, 2.05) is 0 Å². The second-order valence-corrected chi connectivity index (χ2v) is 5.59. The van der Waals surface area contributed by atoms with Crippen LogP contribution in [0.3, 0.4) is 0 Å². The Labute approximate surface area is 110 Å². The molecular weight excluding hydrogens is 278 g/mol. The number of aliphatic hydroxyl groups excluding tert-OH is 1. The van der Waals surface area contributed by atoms with Gasteiger partial charge in [-0.05, 0) is 30.0 Å². The zero-order valence-corrected chi connectivity index (χ0v) is 11.9. The molecule has 0 unspecified atom stereocenters. The number of nitrogens with zero attached hydrogens (tertiary/aromatic N) is 1. The average Bonchev–Trinajstić information content (AvgIpc) is 2.64. The maximum absolute atomic E-state index is 8.95. The summed E-state index contributed by atoms with van der Waals surface area (Å²) in [5, 5.41) is 10.3. The molecule has 0 radical (unpaired) electrons. The van der Waals surface area contributed by atoms with Gasteiger partial charge in [-0.15, -0.1) is 0 Å². The lowest BCUT2D eigenvalue weighted by atomic mass is 10.0. The van der Waals surface area contributed by atoms with Gasteiger partial charge in [-0.2, -0.15) is 0 Å².